The molecule has 206 valence electrons. The third-order valence-corrected chi connectivity index (χ3v) is 10.0. The Kier molecular flexibility index (Phi) is 11.1. The van der Waals surface area contributed by atoms with Crippen LogP contribution in [0.15, 0.2) is 30.4 Å². The molecule has 0 spiro atoms. The lowest BCUT2D eigenvalue weighted by Gasteiger charge is -2.45. The fourth-order valence-electron chi connectivity index (χ4n) is 7.79. The van der Waals surface area contributed by atoms with Crippen LogP contribution < -0.4 is 4.74 Å². The Balaban J connectivity index is 1.18. The van der Waals surface area contributed by atoms with Crippen LogP contribution in [0.2, 0.25) is 0 Å². The highest BCUT2D eigenvalue weighted by molar-refractivity contribution is 5.75. The number of ether oxygens (including phenoxy) is 1. The SMILES string of the molecule is C/C=C/CCc1ccc(OC(=O)C2CCC(C3CCC4CC(CCCCCC)CCC4C3)CC2)c(F)c1. The number of carbonyl (C=O) groups is 1. The molecule has 0 radical (unpaired) electrons. The number of hydrogen-bond acceptors (Lipinski definition) is 2. The van der Waals surface area contributed by atoms with Crippen molar-refractivity contribution in [2.24, 2.45) is 35.5 Å². The summed E-state index contributed by atoms with van der Waals surface area (Å²) in [6.45, 7) is 4.29. The number of unbranched alkanes of at least 4 members (excludes halogenated alkanes) is 3. The van der Waals surface area contributed by atoms with Crippen LogP contribution in [0.3, 0.4) is 0 Å². The second kappa shape index (κ2) is 14.5. The monoisotopic (exact) mass is 510 g/mol. The van der Waals surface area contributed by atoms with Gasteiger partial charge >= 0.3 is 5.97 Å². The van der Waals surface area contributed by atoms with E-state index in [-0.39, 0.29) is 17.6 Å². The summed E-state index contributed by atoms with van der Waals surface area (Å²) in [7, 11) is 0. The molecule has 4 atom stereocenters. The molecule has 0 aromatic heterocycles. The van der Waals surface area contributed by atoms with E-state index in [0.29, 0.717) is 0 Å². The molecule has 3 fully saturated rings. The van der Waals surface area contributed by atoms with Gasteiger partial charge < -0.3 is 4.74 Å². The van der Waals surface area contributed by atoms with Gasteiger partial charge in [-0.25, -0.2) is 4.39 Å². The van der Waals surface area contributed by atoms with Crippen LogP contribution >= 0.6 is 0 Å². The minimum absolute atomic E-state index is 0.0792. The average molecular weight is 511 g/mol. The molecule has 0 aliphatic heterocycles. The van der Waals surface area contributed by atoms with Gasteiger partial charge in [0, 0.05) is 0 Å². The first-order chi connectivity index (χ1) is 18.1. The standard InChI is InChI=1S/C34H51FO2/c1-3-5-7-9-11-25-12-14-31-24-30(20-19-29(31)22-25)27-15-17-28(18-16-27)34(36)37-33-21-13-26(23-32(33)35)10-8-6-4-2/h4,6,13,21,23,25,27-31H,3,5,7-12,14-20,22,24H2,1-2H3/b6-4+. The van der Waals surface area contributed by atoms with E-state index in [1.165, 1.54) is 76.7 Å². The third kappa shape index (κ3) is 8.17. The van der Waals surface area contributed by atoms with Crippen molar-refractivity contribution in [3.8, 4) is 5.75 Å². The predicted octanol–water partition coefficient (Wildman–Crippen LogP) is 9.85. The number of fused-ring (bicyclic) bond motifs is 1. The molecule has 1 aromatic carbocycles. The molecule has 3 aliphatic rings. The molecule has 0 heterocycles. The van der Waals surface area contributed by atoms with E-state index in [2.05, 4.69) is 13.0 Å². The lowest BCUT2D eigenvalue weighted by Crippen LogP contribution is -2.35. The molecule has 3 aliphatic carbocycles. The molecule has 4 unspecified atom stereocenters. The zero-order valence-electron chi connectivity index (χ0n) is 23.6. The fraction of sp³-hybridized carbons (Fsp3) is 0.735. The molecule has 0 saturated heterocycles. The second-order valence-corrected chi connectivity index (χ2v) is 12.5. The first kappa shape index (κ1) is 28.4. The number of aryl methyl sites for hydroxylation is 1. The molecule has 3 heteroatoms. The maximum atomic E-state index is 14.5. The lowest BCUT2D eigenvalue weighted by molar-refractivity contribution is -0.140. The Morgan fingerprint density at radius 1 is 0.919 bits per heavy atom. The topological polar surface area (TPSA) is 26.3 Å². The van der Waals surface area contributed by atoms with Gasteiger partial charge in [-0.3, -0.25) is 4.79 Å². The van der Waals surface area contributed by atoms with Crippen molar-refractivity contribution in [3.05, 3.63) is 41.7 Å². The first-order valence-electron chi connectivity index (χ1n) is 15.7. The van der Waals surface area contributed by atoms with Gasteiger partial charge in [-0.2, -0.15) is 0 Å². The van der Waals surface area contributed by atoms with Gasteiger partial charge in [-0.15, -0.1) is 0 Å². The van der Waals surface area contributed by atoms with Crippen LogP contribution in [0.4, 0.5) is 4.39 Å². The number of hydrogen-bond donors (Lipinski definition) is 0. The highest BCUT2D eigenvalue weighted by Gasteiger charge is 2.39. The first-order valence-corrected chi connectivity index (χ1v) is 15.7. The minimum Gasteiger partial charge on any atom is -0.423 e. The Labute approximate surface area is 225 Å². The van der Waals surface area contributed by atoms with Crippen molar-refractivity contribution in [2.75, 3.05) is 0 Å². The molecule has 4 rings (SSSR count). The van der Waals surface area contributed by atoms with Gasteiger partial charge in [0.15, 0.2) is 11.6 Å². The number of esters is 1. The minimum atomic E-state index is -0.424. The Morgan fingerprint density at radius 3 is 2.35 bits per heavy atom. The highest BCUT2D eigenvalue weighted by atomic mass is 19.1. The van der Waals surface area contributed by atoms with Crippen LogP contribution in [0.25, 0.3) is 0 Å². The molecule has 0 bridgehead atoms. The molecule has 0 N–H and O–H groups in total. The summed E-state index contributed by atoms with van der Waals surface area (Å²) >= 11 is 0. The van der Waals surface area contributed by atoms with Crippen molar-refractivity contribution in [2.45, 2.75) is 123 Å². The summed E-state index contributed by atoms with van der Waals surface area (Å²) in [6.07, 6.45) is 25.6. The molecule has 1 aromatic rings. The third-order valence-electron chi connectivity index (χ3n) is 10.0. The van der Waals surface area contributed by atoms with Crippen LogP contribution in [0, 0.1) is 41.3 Å². The summed E-state index contributed by atoms with van der Waals surface area (Å²) in [6, 6.07) is 5.02. The quantitative estimate of drug-likeness (QED) is 0.128. The maximum absolute atomic E-state index is 14.5. The molecule has 3 saturated carbocycles. The Bertz CT molecular complexity index is 869. The average Bonchev–Trinajstić information content (AvgIpc) is 2.92. The van der Waals surface area contributed by atoms with Gasteiger partial charge in [0.1, 0.15) is 0 Å². The van der Waals surface area contributed by atoms with E-state index in [9.17, 15) is 9.18 Å². The largest absolute Gasteiger partial charge is 0.423 e. The maximum Gasteiger partial charge on any atom is 0.314 e. The van der Waals surface area contributed by atoms with Crippen LogP contribution in [0.1, 0.15) is 122 Å². The molecule has 37 heavy (non-hydrogen) atoms. The van der Waals surface area contributed by atoms with E-state index in [1.807, 2.05) is 19.1 Å². The summed E-state index contributed by atoms with van der Waals surface area (Å²) < 4.78 is 20.1. The number of benzene rings is 1. The zero-order chi connectivity index (χ0) is 26.0. The summed E-state index contributed by atoms with van der Waals surface area (Å²) in [4.78, 5) is 12.8. The Morgan fingerprint density at radius 2 is 1.62 bits per heavy atom. The van der Waals surface area contributed by atoms with E-state index < -0.39 is 5.82 Å². The number of rotatable bonds is 11. The van der Waals surface area contributed by atoms with Crippen molar-refractivity contribution in [1.82, 2.24) is 0 Å². The summed E-state index contributed by atoms with van der Waals surface area (Å²) in [5.41, 5.74) is 0.936. The van der Waals surface area contributed by atoms with Gasteiger partial charge in [-0.1, -0.05) is 63.7 Å². The fourth-order valence-corrected chi connectivity index (χ4v) is 7.79. The zero-order valence-corrected chi connectivity index (χ0v) is 23.6. The predicted molar refractivity (Wildman–Crippen MR) is 151 cm³/mol. The number of halogens is 1. The van der Waals surface area contributed by atoms with E-state index in [1.54, 1.807) is 6.07 Å². The Hall–Kier alpha value is -1.64. The van der Waals surface area contributed by atoms with Crippen LogP contribution in [-0.2, 0) is 11.2 Å². The number of allylic oxidation sites excluding steroid dienone is 2. The van der Waals surface area contributed by atoms with E-state index in [0.717, 1.165) is 73.7 Å². The van der Waals surface area contributed by atoms with Crippen molar-refractivity contribution >= 4 is 5.97 Å². The van der Waals surface area contributed by atoms with Gasteiger partial charge in [0.2, 0.25) is 0 Å². The highest BCUT2D eigenvalue weighted by Crippen LogP contribution is 2.49. The summed E-state index contributed by atoms with van der Waals surface area (Å²) in [5.74, 6) is 3.90. The van der Waals surface area contributed by atoms with Crippen molar-refractivity contribution in [1.29, 1.82) is 0 Å². The smallest absolute Gasteiger partial charge is 0.314 e. The lowest BCUT2D eigenvalue weighted by atomic mass is 9.60. The van der Waals surface area contributed by atoms with Crippen LogP contribution in [-0.4, -0.2) is 5.97 Å². The van der Waals surface area contributed by atoms with Gasteiger partial charge in [0.25, 0.3) is 0 Å². The molecule has 0 amide bonds. The van der Waals surface area contributed by atoms with E-state index in [4.69, 9.17) is 4.74 Å². The number of carbonyl (C=O) groups excluding carboxylic acids is 1. The van der Waals surface area contributed by atoms with Crippen molar-refractivity contribution in [3.63, 3.8) is 0 Å². The molecular weight excluding hydrogens is 459 g/mol. The van der Waals surface area contributed by atoms with E-state index >= 15 is 0 Å². The normalized spacial score (nSPS) is 30.2. The van der Waals surface area contributed by atoms with Gasteiger partial charge in [0.05, 0.1) is 5.92 Å². The summed E-state index contributed by atoms with van der Waals surface area (Å²) in [5, 5.41) is 0. The molecular formula is C34H51FO2. The van der Waals surface area contributed by atoms with Crippen molar-refractivity contribution < 1.29 is 13.9 Å². The van der Waals surface area contributed by atoms with Gasteiger partial charge in [-0.05, 0) is 125 Å². The second-order valence-electron chi connectivity index (χ2n) is 12.5. The van der Waals surface area contributed by atoms with Crippen LogP contribution in [0.5, 0.6) is 5.75 Å². The molecule has 2 nitrogen and oxygen atoms in total.